The number of aliphatic hydroxyl groups excluding tert-OH is 1. The molecule has 0 heterocycles. The molecule has 0 bridgehead atoms. The highest BCUT2D eigenvalue weighted by atomic mass is 19.4. The van der Waals surface area contributed by atoms with Gasteiger partial charge in [0.1, 0.15) is 11.4 Å². The molecule has 2 fully saturated rings. The third-order valence-electron chi connectivity index (χ3n) is 12.1. The summed E-state index contributed by atoms with van der Waals surface area (Å²) in [6.07, 6.45) is -2.41. The Kier molecular flexibility index (Phi) is 13.0. The van der Waals surface area contributed by atoms with Crippen LogP contribution in [0.1, 0.15) is 146 Å². The third-order valence-corrected chi connectivity index (χ3v) is 12.1. The van der Waals surface area contributed by atoms with E-state index >= 15 is 0 Å². The number of ether oxygens (including phenoxy) is 1. The monoisotopic (exact) mass is 772 g/mol. The predicted molar refractivity (Wildman–Crippen MR) is 179 cm³/mol. The Bertz CT molecular complexity index is 1440. The Hall–Kier alpha value is -2.51. The van der Waals surface area contributed by atoms with Gasteiger partial charge in [-0.25, -0.2) is 0 Å². The van der Waals surface area contributed by atoms with Crippen LogP contribution in [0.3, 0.4) is 0 Å². The Labute approximate surface area is 305 Å². The number of phenols is 1. The number of benzene rings is 1. The van der Waals surface area contributed by atoms with Crippen molar-refractivity contribution < 1.29 is 64.1 Å². The normalized spacial score (nSPS) is 27.2. The summed E-state index contributed by atoms with van der Waals surface area (Å²) < 4.78 is 125. The molecule has 1 aromatic rings. The van der Waals surface area contributed by atoms with Gasteiger partial charge in [-0.3, -0.25) is 9.59 Å². The molecule has 0 saturated heterocycles. The Morgan fingerprint density at radius 2 is 1.47 bits per heavy atom. The van der Waals surface area contributed by atoms with E-state index in [0.29, 0.717) is 31.2 Å². The van der Waals surface area contributed by atoms with Crippen molar-refractivity contribution in [2.24, 2.45) is 29.1 Å². The first-order chi connectivity index (χ1) is 24.4. The molecule has 0 amide bonds. The molecular formula is C39H53F9O5. The molecule has 4 rings (SSSR count). The number of alkyl halides is 9. The second kappa shape index (κ2) is 15.9. The molecule has 3 aliphatic rings. The van der Waals surface area contributed by atoms with Crippen molar-refractivity contribution in [2.45, 2.75) is 166 Å². The highest BCUT2D eigenvalue weighted by Gasteiger charge is 2.81. The molecule has 14 heteroatoms. The predicted octanol–water partition coefficient (Wildman–Crippen LogP) is 11.2. The zero-order chi connectivity index (χ0) is 39.8. The lowest BCUT2D eigenvalue weighted by molar-refractivity contribution is -0.396. The number of ketones is 1. The number of aromatic hydroxyl groups is 1. The van der Waals surface area contributed by atoms with Crippen molar-refractivity contribution in [3.63, 3.8) is 0 Å². The van der Waals surface area contributed by atoms with E-state index in [0.717, 1.165) is 50.5 Å². The lowest BCUT2D eigenvalue weighted by atomic mass is 9.51. The molecule has 0 radical (unpaired) electrons. The van der Waals surface area contributed by atoms with Crippen LogP contribution in [0.25, 0.3) is 0 Å². The summed E-state index contributed by atoms with van der Waals surface area (Å²) in [5.41, 5.74) is 0.349. The van der Waals surface area contributed by atoms with Gasteiger partial charge in [0.2, 0.25) is 0 Å². The van der Waals surface area contributed by atoms with Gasteiger partial charge in [-0.2, -0.15) is 39.5 Å². The smallest absolute Gasteiger partial charge is 0.460 e. The Morgan fingerprint density at radius 1 is 0.868 bits per heavy atom. The lowest BCUT2D eigenvalue weighted by Crippen LogP contribution is -2.60. The van der Waals surface area contributed by atoms with Crippen LogP contribution in [-0.4, -0.2) is 57.6 Å². The van der Waals surface area contributed by atoms with E-state index in [2.05, 4.69) is 6.92 Å². The number of carbonyl (C=O) groups excluding carboxylic acids is 2. The van der Waals surface area contributed by atoms with E-state index in [-0.39, 0.29) is 47.0 Å². The number of hydrogen-bond acceptors (Lipinski definition) is 5. The summed E-state index contributed by atoms with van der Waals surface area (Å²) in [6, 6.07) is 5.06. The molecule has 0 aromatic heterocycles. The number of rotatable bonds is 16. The van der Waals surface area contributed by atoms with Crippen LogP contribution in [0, 0.1) is 29.1 Å². The number of phenolic OH excluding ortho intramolecular Hbond substituents is 1. The Balaban J connectivity index is 1.29. The maximum absolute atomic E-state index is 14.1. The van der Waals surface area contributed by atoms with Gasteiger partial charge in [-0.15, -0.1) is 0 Å². The van der Waals surface area contributed by atoms with E-state index in [1.165, 1.54) is 0 Å². The van der Waals surface area contributed by atoms with Gasteiger partial charge in [0.15, 0.2) is 5.78 Å². The summed E-state index contributed by atoms with van der Waals surface area (Å²) in [6.45, 7) is 6.82. The average molecular weight is 773 g/mol. The summed E-state index contributed by atoms with van der Waals surface area (Å²) in [5, 5.41) is 21.1. The van der Waals surface area contributed by atoms with E-state index in [9.17, 15) is 59.3 Å². The van der Waals surface area contributed by atoms with Crippen molar-refractivity contribution in [1.29, 1.82) is 0 Å². The van der Waals surface area contributed by atoms with Crippen LogP contribution in [0.5, 0.6) is 5.75 Å². The van der Waals surface area contributed by atoms with Gasteiger partial charge in [0, 0.05) is 17.9 Å². The Morgan fingerprint density at radius 3 is 2.09 bits per heavy atom. The van der Waals surface area contributed by atoms with E-state index in [4.69, 9.17) is 4.74 Å². The van der Waals surface area contributed by atoms with Crippen LogP contribution in [-0.2, 0) is 9.53 Å². The molecule has 7 atom stereocenters. The number of esters is 1. The van der Waals surface area contributed by atoms with E-state index < -0.39 is 66.8 Å². The maximum atomic E-state index is 14.1. The van der Waals surface area contributed by atoms with Gasteiger partial charge in [-0.05, 0) is 113 Å². The molecule has 0 spiro atoms. The van der Waals surface area contributed by atoms with Crippen molar-refractivity contribution in [3.8, 4) is 5.75 Å². The zero-order valence-electron chi connectivity index (χ0n) is 30.8. The van der Waals surface area contributed by atoms with Crippen LogP contribution in [0.4, 0.5) is 39.5 Å². The maximum Gasteiger partial charge on any atom is 0.460 e. The summed E-state index contributed by atoms with van der Waals surface area (Å²) >= 11 is 0. The second-order valence-corrected chi connectivity index (χ2v) is 16.8. The topological polar surface area (TPSA) is 83.8 Å². The number of carbonyl (C=O) groups is 2. The average Bonchev–Trinajstić information content (AvgIpc) is 3.34. The lowest BCUT2D eigenvalue weighted by Gasteiger charge is -2.52. The molecule has 302 valence electrons. The largest absolute Gasteiger partial charge is 0.508 e. The van der Waals surface area contributed by atoms with Crippen molar-refractivity contribution >= 4 is 11.8 Å². The molecule has 53 heavy (non-hydrogen) atoms. The van der Waals surface area contributed by atoms with Crippen molar-refractivity contribution in [1.82, 2.24) is 0 Å². The molecule has 2 N–H and O–H groups in total. The van der Waals surface area contributed by atoms with Gasteiger partial charge >= 0.3 is 29.9 Å². The van der Waals surface area contributed by atoms with Gasteiger partial charge in [-0.1, -0.05) is 51.5 Å². The number of halogens is 9. The second-order valence-electron chi connectivity index (χ2n) is 16.8. The van der Waals surface area contributed by atoms with Crippen LogP contribution < -0.4 is 0 Å². The quantitative estimate of drug-likeness (QED) is 0.0993. The molecule has 0 aliphatic heterocycles. The molecule has 3 aliphatic carbocycles. The summed E-state index contributed by atoms with van der Waals surface area (Å²) in [5.74, 6) is -20.8. The molecule has 1 unspecified atom stereocenters. The zero-order valence-corrected chi connectivity index (χ0v) is 30.8. The SMILES string of the molecule is CC(C)(C)OC(=O)C(CCCCCCCC[C@@H]1C(=O)c2cc(O)ccc2[C@H]2CC[C@]3(C)[C@@H](O)CC[C@H]3[C@H]12)CCCC(F)(F)C(F)(F)C(F)(F)C(F)(F)F. The molecule has 1 aromatic carbocycles. The van der Waals surface area contributed by atoms with E-state index in [1.807, 2.05) is 6.07 Å². The highest BCUT2D eigenvalue weighted by Crippen LogP contribution is 2.63. The number of hydrogen-bond donors (Lipinski definition) is 2. The molecular weight excluding hydrogens is 719 g/mol. The number of Topliss-reactive ketones (excluding diaryl/α,β-unsaturated/α-hetero) is 1. The first kappa shape index (κ1) is 43.2. The van der Waals surface area contributed by atoms with Crippen LogP contribution >= 0.6 is 0 Å². The third kappa shape index (κ3) is 8.98. The fraction of sp³-hybridized carbons (Fsp3) is 0.795. The van der Waals surface area contributed by atoms with Crippen molar-refractivity contribution in [3.05, 3.63) is 29.3 Å². The number of unbranched alkanes of at least 4 members (excludes halogenated alkanes) is 5. The minimum absolute atomic E-state index is 0.0338. The standard InChI is InChI=1S/C39H53F9O5/c1-34(2,3)53-33(52)23(13-11-20-36(40,41)37(42,43)38(44,45)39(46,47)48)12-9-7-5-6-8-10-14-27-31-26(19-21-35(4)29(31)17-18-30(35)50)25-16-15-24(49)22-28(25)32(27)51/h15-16,22-23,26-27,29-31,49-50H,5-14,17-21H2,1-4H3/t23?,26-,27+,29+,30+,31+,35+/m1/s1. The van der Waals surface area contributed by atoms with E-state index in [1.54, 1.807) is 32.9 Å². The first-order valence-electron chi connectivity index (χ1n) is 18.8. The minimum Gasteiger partial charge on any atom is -0.508 e. The van der Waals surface area contributed by atoms with Crippen molar-refractivity contribution in [2.75, 3.05) is 0 Å². The first-order valence-corrected chi connectivity index (χ1v) is 18.8. The molecule has 2 saturated carbocycles. The number of fused-ring (bicyclic) bond motifs is 5. The van der Waals surface area contributed by atoms with Gasteiger partial charge in [0.25, 0.3) is 0 Å². The summed E-state index contributed by atoms with van der Waals surface area (Å²) in [7, 11) is 0. The highest BCUT2D eigenvalue weighted by molar-refractivity contribution is 6.01. The van der Waals surface area contributed by atoms with Gasteiger partial charge < -0.3 is 14.9 Å². The number of aliphatic hydroxyl groups is 1. The summed E-state index contributed by atoms with van der Waals surface area (Å²) in [4.78, 5) is 26.7. The molecule has 5 nitrogen and oxygen atoms in total. The van der Waals surface area contributed by atoms with Crippen LogP contribution in [0.2, 0.25) is 0 Å². The fourth-order valence-corrected chi connectivity index (χ4v) is 9.23. The minimum atomic E-state index is -6.95. The van der Waals surface area contributed by atoms with Crippen LogP contribution in [0.15, 0.2) is 18.2 Å². The fourth-order valence-electron chi connectivity index (χ4n) is 9.23. The van der Waals surface area contributed by atoms with Gasteiger partial charge in [0.05, 0.1) is 12.0 Å².